The van der Waals surface area contributed by atoms with E-state index in [-0.39, 0.29) is 35.4 Å². The van der Waals surface area contributed by atoms with Gasteiger partial charge in [-0.3, -0.25) is 4.79 Å². The van der Waals surface area contributed by atoms with Crippen molar-refractivity contribution in [1.82, 2.24) is 9.88 Å². The molecular weight excluding hydrogens is 403 g/mol. The quantitative estimate of drug-likeness (QED) is 0.714. The molecule has 7 nitrogen and oxygen atoms in total. The second kappa shape index (κ2) is 7.63. The third-order valence-corrected chi connectivity index (χ3v) is 5.41. The van der Waals surface area contributed by atoms with E-state index < -0.39 is 17.5 Å². The lowest BCUT2D eigenvalue weighted by Crippen LogP contribution is -2.46. The molecule has 0 atom stereocenters. The number of amides is 2. The molecule has 2 aliphatic heterocycles. The Labute approximate surface area is 173 Å². The molecular formula is C20H26F3N3O4. The number of hydrogen-bond donors (Lipinski definition) is 0. The van der Waals surface area contributed by atoms with Crippen LogP contribution in [0.1, 0.15) is 45.7 Å². The Hall–Kier alpha value is -2.52. The van der Waals surface area contributed by atoms with E-state index >= 15 is 0 Å². The van der Waals surface area contributed by atoms with E-state index in [1.54, 1.807) is 25.7 Å². The first-order valence-electron chi connectivity index (χ1n) is 9.74. The number of hydrogen-bond acceptors (Lipinski definition) is 5. The van der Waals surface area contributed by atoms with Crippen LogP contribution in [0.2, 0.25) is 0 Å². The average Bonchev–Trinajstić information content (AvgIpc) is 2.95. The van der Waals surface area contributed by atoms with E-state index in [1.165, 1.54) is 18.1 Å². The number of piperidine rings is 1. The van der Waals surface area contributed by atoms with Crippen LogP contribution in [0.5, 0.6) is 5.88 Å². The van der Waals surface area contributed by atoms with Gasteiger partial charge in [0.15, 0.2) is 0 Å². The summed E-state index contributed by atoms with van der Waals surface area (Å²) >= 11 is 0. The lowest BCUT2D eigenvalue weighted by Gasteiger charge is -2.39. The first-order chi connectivity index (χ1) is 13.8. The molecule has 0 saturated carbocycles. The number of carbonyl (C=O) groups excluding carboxylic acids is 2. The number of pyridine rings is 1. The Kier molecular flexibility index (Phi) is 5.64. The maximum atomic E-state index is 12.9. The summed E-state index contributed by atoms with van der Waals surface area (Å²) in [5.74, 6) is -0.429. The number of halogens is 3. The standard InChI is InChI=1S/C20H26F3N3O4/c1-18(2,3)30-17(28)25-9-7-19(8-10-25)11-15(27)26(12-19)13-5-6-14(20(21,22)23)24-16(13)29-4/h5-6H,7-12H2,1-4H3. The van der Waals surface area contributed by atoms with Crippen molar-refractivity contribution in [1.29, 1.82) is 0 Å². The van der Waals surface area contributed by atoms with Crippen LogP contribution >= 0.6 is 0 Å². The maximum absolute atomic E-state index is 12.9. The van der Waals surface area contributed by atoms with Gasteiger partial charge in [0.1, 0.15) is 17.0 Å². The molecule has 1 aromatic rings. The predicted molar refractivity (Wildman–Crippen MR) is 102 cm³/mol. The van der Waals surface area contributed by atoms with Gasteiger partial charge in [0, 0.05) is 31.5 Å². The maximum Gasteiger partial charge on any atom is 0.433 e. The van der Waals surface area contributed by atoms with Gasteiger partial charge in [-0.2, -0.15) is 13.2 Å². The summed E-state index contributed by atoms with van der Waals surface area (Å²) in [7, 11) is 1.22. The van der Waals surface area contributed by atoms with Crippen molar-refractivity contribution in [2.45, 2.75) is 51.8 Å². The monoisotopic (exact) mass is 429 g/mol. The smallest absolute Gasteiger partial charge is 0.433 e. The Morgan fingerprint density at radius 2 is 1.80 bits per heavy atom. The number of rotatable bonds is 2. The van der Waals surface area contributed by atoms with Crippen LogP contribution in [0.3, 0.4) is 0 Å². The fourth-order valence-corrected chi connectivity index (χ4v) is 3.89. The summed E-state index contributed by atoms with van der Waals surface area (Å²) in [5.41, 5.74) is -1.78. The van der Waals surface area contributed by atoms with Crippen LogP contribution in [-0.2, 0) is 15.7 Å². The van der Waals surface area contributed by atoms with Crippen molar-refractivity contribution >= 4 is 17.7 Å². The first-order valence-corrected chi connectivity index (χ1v) is 9.74. The second-order valence-corrected chi connectivity index (χ2v) is 8.85. The minimum Gasteiger partial charge on any atom is -0.479 e. The van der Waals surface area contributed by atoms with Crippen molar-refractivity contribution < 1.29 is 32.2 Å². The Morgan fingerprint density at radius 1 is 1.17 bits per heavy atom. The van der Waals surface area contributed by atoms with Crippen molar-refractivity contribution in [2.75, 3.05) is 31.6 Å². The van der Waals surface area contributed by atoms with E-state index in [1.807, 2.05) is 0 Å². The molecule has 2 amide bonds. The molecule has 1 spiro atoms. The summed E-state index contributed by atoms with van der Waals surface area (Å²) in [6.07, 6.45) is -3.52. The third-order valence-electron chi connectivity index (χ3n) is 5.41. The molecule has 0 bridgehead atoms. The van der Waals surface area contributed by atoms with Crippen molar-refractivity contribution in [3.05, 3.63) is 17.8 Å². The summed E-state index contributed by atoms with van der Waals surface area (Å²) in [4.78, 5) is 31.6. The highest BCUT2D eigenvalue weighted by Gasteiger charge is 2.47. The number of anilines is 1. The fraction of sp³-hybridized carbons (Fsp3) is 0.650. The molecule has 0 radical (unpaired) electrons. The van der Waals surface area contributed by atoms with Crippen LogP contribution in [0.4, 0.5) is 23.7 Å². The van der Waals surface area contributed by atoms with Gasteiger partial charge in [-0.05, 0) is 45.7 Å². The molecule has 0 N–H and O–H groups in total. The first kappa shape index (κ1) is 22.2. The molecule has 0 unspecified atom stereocenters. The van der Waals surface area contributed by atoms with Crippen LogP contribution in [0, 0.1) is 5.41 Å². The highest BCUT2D eigenvalue weighted by atomic mass is 19.4. The SMILES string of the molecule is COc1nc(C(F)(F)F)ccc1N1CC2(CCN(C(=O)OC(C)(C)C)CC2)CC1=O. The summed E-state index contributed by atoms with van der Waals surface area (Å²) in [6, 6.07) is 2.07. The van der Waals surface area contributed by atoms with Crippen molar-refractivity contribution in [3.8, 4) is 5.88 Å². The molecule has 2 saturated heterocycles. The van der Waals surface area contributed by atoms with Gasteiger partial charge in [-0.1, -0.05) is 0 Å². The molecule has 166 valence electrons. The largest absolute Gasteiger partial charge is 0.479 e. The van der Waals surface area contributed by atoms with E-state index in [0.717, 1.165) is 6.07 Å². The minimum atomic E-state index is -4.60. The third kappa shape index (κ3) is 4.62. The van der Waals surface area contributed by atoms with Crippen LogP contribution in [0.25, 0.3) is 0 Å². The lowest BCUT2D eigenvalue weighted by atomic mass is 9.78. The zero-order chi connectivity index (χ0) is 22.3. The average molecular weight is 429 g/mol. The Morgan fingerprint density at radius 3 is 2.33 bits per heavy atom. The van der Waals surface area contributed by atoms with E-state index in [4.69, 9.17) is 9.47 Å². The molecule has 2 aliphatic rings. The zero-order valence-corrected chi connectivity index (χ0v) is 17.5. The minimum absolute atomic E-state index is 0.194. The van der Waals surface area contributed by atoms with E-state index in [0.29, 0.717) is 32.5 Å². The number of methoxy groups -OCH3 is 1. The van der Waals surface area contributed by atoms with Gasteiger partial charge in [-0.15, -0.1) is 0 Å². The summed E-state index contributed by atoms with van der Waals surface area (Å²) in [6.45, 7) is 6.66. The van der Waals surface area contributed by atoms with Gasteiger partial charge in [0.05, 0.1) is 7.11 Å². The topological polar surface area (TPSA) is 72.0 Å². The summed E-state index contributed by atoms with van der Waals surface area (Å²) in [5, 5.41) is 0. The van der Waals surface area contributed by atoms with Crippen molar-refractivity contribution in [3.63, 3.8) is 0 Å². The number of alkyl halides is 3. The molecule has 3 rings (SSSR count). The Bertz CT molecular complexity index is 828. The number of ether oxygens (including phenoxy) is 2. The van der Waals surface area contributed by atoms with E-state index in [2.05, 4.69) is 4.98 Å². The molecule has 1 aromatic heterocycles. The molecule has 0 aromatic carbocycles. The molecule has 2 fully saturated rings. The Balaban J connectivity index is 1.73. The van der Waals surface area contributed by atoms with Gasteiger partial charge < -0.3 is 19.3 Å². The van der Waals surface area contributed by atoms with Crippen LogP contribution in [0.15, 0.2) is 12.1 Å². The fourth-order valence-electron chi connectivity index (χ4n) is 3.89. The van der Waals surface area contributed by atoms with Crippen molar-refractivity contribution in [2.24, 2.45) is 5.41 Å². The predicted octanol–water partition coefficient (Wildman–Crippen LogP) is 3.86. The molecule has 10 heteroatoms. The number of nitrogens with zero attached hydrogens (tertiary/aromatic N) is 3. The van der Waals surface area contributed by atoms with E-state index in [9.17, 15) is 22.8 Å². The number of carbonyl (C=O) groups is 2. The number of aromatic nitrogens is 1. The molecule has 3 heterocycles. The molecule has 0 aliphatic carbocycles. The number of likely N-dealkylation sites (tertiary alicyclic amines) is 1. The van der Waals surface area contributed by atoms with Crippen LogP contribution in [-0.4, -0.2) is 54.2 Å². The summed E-state index contributed by atoms with van der Waals surface area (Å²) < 4.78 is 49.3. The second-order valence-electron chi connectivity index (χ2n) is 8.85. The normalized spacial score (nSPS) is 19.4. The highest BCUT2D eigenvalue weighted by molar-refractivity contribution is 5.97. The van der Waals surface area contributed by atoms with Gasteiger partial charge in [0.25, 0.3) is 0 Å². The lowest BCUT2D eigenvalue weighted by molar-refractivity contribution is -0.141. The van der Waals surface area contributed by atoms with Crippen LogP contribution < -0.4 is 9.64 Å². The zero-order valence-electron chi connectivity index (χ0n) is 17.5. The molecule has 30 heavy (non-hydrogen) atoms. The van der Waals surface area contributed by atoms with Gasteiger partial charge in [0.2, 0.25) is 11.8 Å². The van der Waals surface area contributed by atoms with Gasteiger partial charge >= 0.3 is 12.3 Å². The van der Waals surface area contributed by atoms with Gasteiger partial charge in [-0.25, -0.2) is 9.78 Å². The highest BCUT2D eigenvalue weighted by Crippen LogP contribution is 2.45.